The zero-order chi connectivity index (χ0) is 42.4. The molecule has 14 nitrogen and oxygen atoms in total. The van der Waals surface area contributed by atoms with Crippen molar-refractivity contribution < 1.29 is 37.5 Å². The van der Waals surface area contributed by atoms with Crippen LogP contribution in [0.4, 0.5) is 0 Å². The Morgan fingerprint density at radius 1 is 0.966 bits per heavy atom. The van der Waals surface area contributed by atoms with E-state index < -0.39 is 32.2 Å². The number of nitrogens with zero attached hydrogens (tertiary/aromatic N) is 4. The molecule has 0 aliphatic carbocycles. The summed E-state index contributed by atoms with van der Waals surface area (Å²) in [5.41, 5.74) is 10.3. The molecule has 1 saturated heterocycles. The number of fused-ring (bicyclic) bond motifs is 1. The van der Waals surface area contributed by atoms with Crippen LogP contribution in [0.15, 0.2) is 35.3 Å². The van der Waals surface area contributed by atoms with Crippen LogP contribution in [0.2, 0.25) is 0 Å². The number of nitrogens with one attached hydrogen (secondary N) is 1. The highest BCUT2D eigenvalue weighted by atomic mass is 31.2. The van der Waals surface area contributed by atoms with E-state index in [0.29, 0.717) is 42.5 Å². The van der Waals surface area contributed by atoms with Crippen molar-refractivity contribution in [1.82, 2.24) is 4.68 Å². The minimum Gasteiger partial charge on any atom is -0.490 e. The lowest BCUT2D eigenvalue weighted by Crippen LogP contribution is -2.34. The fraction of sp³-hybridized carbons (Fsp3) is 0.705. The Kier molecular flexibility index (Phi) is 21.2. The van der Waals surface area contributed by atoms with Crippen molar-refractivity contribution in [2.24, 2.45) is 10.7 Å². The average molecular weight is 841 g/mol. The number of aromatic nitrogens is 1. The van der Waals surface area contributed by atoms with Gasteiger partial charge in [0.25, 0.3) is 0 Å². The molecule has 1 fully saturated rings. The number of amidine groups is 1. The number of hydrogen-bond acceptors (Lipinski definition) is 12. The van der Waals surface area contributed by atoms with Gasteiger partial charge < -0.3 is 35.0 Å². The van der Waals surface area contributed by atoms with Crippen LogP contribution in [-0.4, -0.2) is 66.3 Å². The molecule has 0 saturated carbocycles. The van der Waals surface area contributed by atoms with Gasteiger partial charge in [0.05, 0.1) is 37.2 Å². The second kappa shape index (κ2) is 26.0. The summed E-state index contributed by atoms with van der Waals surface area (Å²) in [4.78, 5) is 14.9. The van der Waals surface area contributed by atoms with E-state index in [9.17, 15) is 20.0 Å². The molecule has 0 bridgehead atoms. The maximum absolute atomic E-state index is 13.2. The molecule has 4 unspecified atom stereocenters. The molecule has 4 rings (SSSR count). The second-order valence-corrected chi connectivity index (χ2v) is 17.5. The molecule has 2 aliphatic rings. The molecule has 0 amide bonds. The van der Waals surface area contributed by atoms with E-state index in [-0.39, 0.29) is 32.3 Å². The van der Waals surface area contributed by atoms with Gasteiger partial charge in [-0.25, -0.2) is 9.56 Å². The monoisotopic (exact) mass is 840 g/mol. The lowest BCUT2D eigenvalue weighted by atomic mass is 10.0. The molecule has 15 heteroatoms. The van der Waals surface area contributed by atoms with Crippen LogP contribution in [0.25, 0.3) is 0 Å². The van der Waals surface area contributed by atoms with Gasteiger partial charge in [0.15, 0.2) is 5.60 Å². The second-order valence-electron chi connectivity index (χ2n) is 16.0. The minimum atomic E-state index is -4.64. The third-order valence-electron chi connectivity index (χ3n) is 10.7. The summed E-state index contributed by atoms with van der Waals surface area (Å²) in [6.45, 7) is 6.35. The fourth-order valence-electron chi connectivity index (χ4n) is 7.36. The predicted octanol–water partition coefficient (Wildman–Crippen LogP) is 9.48. The van der Waals surface area contributed by atoms with Crippen molar-refractivity contribution >= 4 is 13.7 Å². The van der Waals surface area contributed by atoms with Gasteiger partial charge in [-0.1, -0.05) is 109 Å². The number of nitrogens with two attached hydrogens (primary N) is 1. The summed E-state index contributed by atoms with van der Waals surface area (Å²) in [7, 11) is -4.64. The molecule has 2 aliphatic heterocycles. The maximum Gasteiger partial charge on any atom is 0.472 e. The van der Waals surface area contributed by atoms with Crippen molar-refractivity contribution in [3.63, 3.8) is 0 Å². The highest BCUT2D eigenvalue weighted by Crippen LogP contribution is 2.47. The molecule has 0 radical (unpaired) electrons. The highest BCUT2D eigenvalue weighted by Gasteiger charge is 2.45. The summed E-state index contributed by atoms with van der Waals surface area (Å²) in [6.07, 6.45) is 20.1. The number of hydrogen-bond donors (Lipinski definition) is 3. The quantitative estimate of drug-likeness (QED) is 0.0481. The van der Waals surface area contributed by atoms with Gasteiger partial charge in [-0.3, -0.25) is 13.7 Å². The fourth-order valence-corrected chi connectivity index (χ4v) is 8.16. The van der Waals surface area contributed by atoms with Crippen molar-refractivity contribution in [1.29, 1.82) is 10.5 Å². The van der Waals surface area contributed by atoms with Gasteiger partial charge in [-0.2, -0.15) is 10.5 Å². The van der Waals surface area contributed by atoms with Gasteiger partial charge in [-0.15, -0.1) is 0 Å². The molecule has 2 aromatic rings. The van der Waals surface area contributed by atoms with E-state index in [1.165, 1.54) is 83.5 Å². The first-order valence-corrected chi connectivity index (χ1v) is 23.4. The Bertz CT molecular complexity index is 1710. The Morgan fingerprint density at radius 3 is 2.25 bits per heavy atom. The van der Waals surface area contributed by atoms with E-state index in [0.717, 1.165) is 30.5 Å². The van der Waals surface area contributed by atoms with Crippen LogP contribution >= 0.6 is 7.82 Å². The van der Waals surface area contributed by atoms with Crippen molar-refractivity contribution in [3.8, 4) is 17.9 Å². The molecule has 0 spiro atoms. The summed E-state index contributed by atoms with van der Waals surface area (Å²) < 4.78 is 49.9. The Hall–Kier alpha value is -3.46. The standard InChI is InChI=1S/C44H69N6O8P/c1-4-5-6-7-8-9-10-11-12-13-14-15-16-17-18-19-26-53-30-38(54-29-36-20-21-37(28-45)42(27-36)57-35(2)3)31-55-59(51,52)56-33-44(32-46)25-24-41(58-44)39-22-23-40-43(47)48-34-49-50(39)40/h20-23,27,35,38,41,49H,4-19,24-26,29-31,33-34H2,1-3H3,(H2,47,48)(H,51,52). The summed E-state index contributed by atoms with van der Waals surface area (Å²) >= 11 is 0. The lowest BCUT2D eigenvalue weighted by Gasteiger charge is -2.25. The minimum absolute atomic E-state index is 0.121. The number of phosphoric acid groups is 1. The van der Waals surface area contributed by atoms with E-state index in [4.69, 9.17) is 33.7 Å². The molecule has 4 N–H and O–H groups in total. The van der Waals surface area contributed by atoms with Crippen molar-refractivity contribution in [3.05, 3.63) is 52.8 Å². The largest absolute Gasteiger partial charge is 0.490 e. The molecule has 59 heavy (non-hydrogen) atoms. The van der Waals surface area contributed by atoms with E-state index in [1.54, 1.807) is 22.9 Å². The number of rotatable bonds is 31. The molecule has 1 aromatic carbocycles. The smallest absolute Gasteiger partial charge is 0.472 e. The molecule has 4 atom stereocenters. The first kappa shape index (κ1) is 48.2. The SMILES string of the molecule is CCCCCCCCCCCCCCCCCCOCC(COP(=O)(O)OCC1(C#N)CCC(c2ccc3n2NCN=C3N)O1)OCc1ccc(C#N)c(OC(C)C)c1. The average Bonchev–Trinajstić information content (AvgIpc) is 3.86. The maximum atomic E-state index is 13.2. The predicted molar refractivity (Wildman–Crippen MR) is 228 cm³/mol. The van der Waals surface area contributed by atoms with Crippen molar-refractivity contribution in [2.75, 3.05) is 38.5 Å². The van der Waals surface area contributed by atoms with Gasteiger partial charge >= 0.3 is 7.82 Å². The summed E-state index contributed by atoms with van der Waals surface area (Å²) in [6, 6.07) is 13.2. The molecular formula is C44H69N6O8P. The first-order valence-electron chi connectivity index (χ1n) is 21.9. The van der Waals surface area contributed by atoms with Crippen LogP contribution in [0.5, 0.6) is 5.75 Å². The Balaban J connectivity index is 1.20. The highest BCUT2D eigenvalue weighted by molar-refractivity contribution is 7.47. The number of unbranched alkanes of at least 4 members (excludes halogenated alkanes) is 15. The zero-order valence-corrected chi connectivity index (χ0v) is 36.6. The lowest BCUT2D eigenvalue weighted by molar-refractivity contribution is -0.0590. The van der Waals surface area contributed by atoms with Gasteiger partial charge in [0.1, 0.15) is 54.9 Å². The number of phosphoric ester groups is 1. The molecule has 328 valence electrons. The zero-order valence-electron chi connectivity index (χ0n) is 35.7. The van der Waals surface area contributed by atoms with Crippen LogP contribution < -0.4 is 15.9 Å². The van der Waals surface area contributed by atoms with Crippen LogP contribution in [0, 0.1) is 22.7 Å². The summed E-state index contributed by atoms with van der Waals surface area (Å²) in [5.74, 6) is 0.856. The van der Waals surface area contributed by atoms with E-state index in [2.05, 4.69) is 29.5 Å². The van der Waals surface area contributed by atoms with E-state index >= 15 is 0 Å². The number of aliphatic imine (C=N–C) groups is 1. The Morgan fingerprint density at radius 2 is 1.63 bits per heavy atom. The van der Waals surface area contributed by atoms with Crippen LogP contribution in [0.1, 0.15) is 165 Å². The van der Waals surface area contributed by atoms with Gasteiger partial charge in [0.2, 0.25) is 0 Å². The number of nitriles is 2. The van der Waals surface area contributed by atoms with E-state index in [1.807, 2.05) is 26.0 Å². The van der Waals surface area contributed by atoms with Crippen molar-refractivity contribution in [2.45, 2.75) is 167 Å². The first-order chi connectivity index (χ1) is 28.6. The number of benzene rings is 1. The Labute approximate surface area is 352 Å². The van der Waals surface area contributed by atoms with Crippen LogP contribution in [-0.2, 0) is 34.4 Å². The third kappa shape index (κ3) is 16.8. The molecule has 1 aromatic heterocycles. The third-order valence-corrected chi connectivity index (χ3v) is 11.6. The molecule has 3 heterocycles. The topological polar surface area (TPSA) is 196 Å². The van der Waals surface area contributed by atoms with Gasteiger partial charge in [0, 0.05) is 6.61 Å². The normalized spacial score (nSPS) is 19.0. The van der Waals surface area contributed by atoms with Gasteiger partial charge in [-0.05, 0) is 62.9 Å². The number of ether oxygens (including phenoxy) is 4. The summed E-state index contributed by atoms with van der Waals surface area (Å²) in [5, 5.41) is 19.6. The molecular weight excluding hydrogens is 771 g/mol. The van der Waals surface area contributed by atoms with Crippen LogP contribution in [0.3, 0.4) is 0 Å².